The van der Waals surface area contributed by atoms with E-state index in [-0.39, 0.29) is 31.4 Å². The molecule has 0 radical (unpaired) electrons. The highest BCUT2D eigenvalue weighted by Crippen LogP contribution is 2.10. The number of carbonyl (C=O) groups excluding carboxylic acids is 2. The van der Waals surface area contributed by atoms with Gasteiger partial charge in [-0.15, -0.1) is 0 Å². The first-order valence-corrected chi connectivity index (χ1v) is 6.61. The molecule has 1 amide bonds. The van der Waals surface area contributed by atoms with Gasteiger partial charge in [-0.1, -0.05) is 24.0 Å². The van der Waals surface area contributed by atoms with E-state index in [4.69, 9.17) is 5.11 Å². The Morgan fingerprint density at radius 3 is 2.71 bits per heavy atom. The molecule has 0 aliphatic carbocycles. The van der Waals surface area contributed by atoms with E-state index in [0.717, 1.165) is 0 Å². The van der Waals surface area contributed by atoms with Crippen molar-refractivity contribution in [1.82, 2.24) is 4.90 Å². The lowest BCUT2D eigenvalue weighted by Crippen LogP contribution is -2.29. The van der Waals surface area contributed by atoms with Gasteiger partial charge in [0.15, 0.2) is 0 Å². The lowest BCUT2D eigenvalue weighted by Gasteiger charge is -2.17. The summed E-state index contributed by atoms with van der Waals surface area (Å²) in [4.78, 5) is 24.9. The summed E-state index contributed by atoms with van der Waals surface area (Å²) < 4.78 is 4.55. The lowest BCUT2D eigenvalue weighted by molar-refractivity contribution is -0.140. The van der Waals surface area contributed by atoms with E-state index in [1.54, 1.807) is 31.3 Å². The monoisotopic (exact) mass is 289 g/mol. The Labute approximate surface area is 124 Å². The second kappa shape index (κ2) is 8.77. The molecule has 1 rings (SSSR count). The fourth-order valence-corrected chi connectivity index (χ4v) is 1.66. The van der Waals surface area contributed by atoms with Crippen molar-refractivity contribution in [2.45, 2.75) is 12.8 Å². The maximum atomic E-state index is 12.4. The van der Waals surface area contributed by atoms with Gasteiger partial charge >= 0.3 is 5.97 Å². The van der Waals surface area contributed by atoms with Gasteiger partial charge in [-0.3, -0.25) is 9.59 Å². The molecule has 21 heavy (non-hydrogen) atoms. The minimum atomic E-state index is -0.356. The van der Waals surface area contributed by atoms with E-state index in [1.807, 2.05) is 0 Å². The van der Waals surface area contributed by atoms with Crippen LogP contribution in [-0.2, 0) is 9.53 Å². The van der Waals surface area contributed by atoms with E-state index in [2.05, 4.69) is 16.6 Å². The van der Waals surface area contributed by atoms with Crippen LogP contribution in [0.4, 0.5) is 0 Å². The van der Waals surface area contributed by atoms with Crippen molar-refractivity contribution in [3.8, 4) is 11.8 Å². The molecule has 0 aromatic heterocycles. The molecule has 5 nitrogen and oxygen atoms in total. The molecule has 0 saturated heterocycles. The number of hydrogen-bond acceptors (Lipinski definition) is 4. The Morgan fingerprint density at radius 1 is 1.33 bits per heavy atom. The molecule has 0 heterocycles. The van der Waals surface area contributed by atoms with Crippen molar-refractivity contribution in [1.29, 1.82) is 0 Å². The van der Waals surface area contributed by atoms with Gasteiger partial charge in [-0.25, -0.2) is 0 Å². The third-order valence-corrected chi connectivity index (χ3v) is 2.84. The third-order valence-electron chi connectivity index (χ3n) is 2.84. The zero-order valence-electron chi connectivity index (χ0n) is 12.3. The summed E-state index contributed by atoms with van der Waals surface area (Å²) in [7, 11) is 2.94. The van der Waals surface area contributed by atoms with Crippen LogP contribution >= 0.6 is 0 Å². The fraction of sp³-hybridized carbons (Fsp3) is 0.375. The van der Waals surface area contributed by atoms with Crippen LogP contribution in [0, 0.1) is 11.8 Å². The quantitative estimate of drug-likeness (QED) is 0.650. The van der Waals surface area contributed by atoms with E-state index < -0.39 is 0 Å². The van der Waals surface area contributed by atoms with Crippen molar-refractivity contribution in [3.05, 3.63) is 35.4 Å². The van der Waals surface area contributed by atoms with E-state index >= 15 is 0 Å². The summed E-state index contributed by atoms with van der Waals surface area (Å²) in [6.45, 7) is 0.270. The van der Waals surface area contributed by atoms with Crippen LogP contribution in [0.1, 0.15) is 28.8 Å². The minimum absolute atomic E-state index is 0.0118. The number of methoxy groups -OCH3 is 1. The SMILES string of the molecule is COC(=O)CCN(C)C(=O)c1ccccc1C#CCCO. The van der Waals surface area contributed by atoms with Crippen LogP contribution in [-0.4, -0.2) is 49.2 Å². The number of benzene rings is 1. The predicted molar refractivity (Wildman–Crippen MR) is 78.6 cm³/mol. The number of hydrogen-bond donors (Lipinski definition) is 1. The maximum Gasteiger partial charge on any atom is 0.307 e. The summed E-state index contributed by atoms with van der Waals surface area (Å²) in [6, 6.07) is 7.01. The van der Waals surface area contributed by atoms with E-state index in [9.17, 15) is 9.59 Å². The summed E-state index contributed by atoms with van der Waals surface area (Å²) in [5.74, 6) is 5.12. The molecule has 0 unspecified atom stereocenters. The summed E-state index contributed by atoms with van der Waals surface area (Å²) >= 11 is 0. The topological polar surface area (TPSA) is 66.8 Å². The number of rotatable bonds is 5. The summed E-state index contributed by atoms with van der Waals surface area (Å²) in [5.41, 5.74) is 1.09. The van der Waals surface area contributed by atoms with E-state index in [1.165, 1.54) is 12.0 Å². The standard InChI is InChI=1S/C16H19NO4/c1-17(11-10-15(19)21-2)16(20)14-9-4-3-7-13(14)8-5-6-12-18/h3-4,7,9,18H,6,10-12H2,1-2H3. The molecule has 5 heteroatoms. The molecule has 0 atom stereocenters. The van der Waals surface area contributed by atoms with E-state index in [0.29, 0.717) is 17.5 Å². The normalized spacial score (nSPS) is 9.48. The Bertz CT molecular complexity index is 557. The van der Waals surface area contributed by atoms with Crippen molar-refractivity contribution in [2.24, 2.45) is 0 Å². The molecule has 0 saturated carbocycles. The summed E-state index contributed by atoms with van der Waals surface area (Å²) in [5, 5.41) is 8.73. The van der Waals surface area contributed by atoms with Gasteiger partial charge in [-0.2, -0.15) is 0 Å². The van der Waals surface area contributed by atoms with Crippen LogP contribution in [0.5, 0.6) is 0 Å². The number of esters is 1. The molecule has 0 bridgehead atoms. The van der Waals surface area contributed by atoms with Crippen LogP contribution in [0.2, 0.25) is 0 Å². The van der Waals surface area contributed by atoms with Crippen molar-refractivity contribution in [3.63, 3.8) is 0 Å². The van der Waals surface area contributed by atoms with Crippen LogP contribution < -0.4 is 0 Å². The molecule has 1 aromatic carbocycles. The predicted octanol–water partition coefficient (Wildman–Crippen LogP) is 1.06. The Kier molecular flexibility index (Phi) is 6.99. The average molecular weight is 289 g/mol. The molecule has 0 spiro atoms. The van der Waals surface area contributed by atoms with Gasteiger partial charge in [-0.05, 0) is 12.1 Å². The van der Waals surface area contributed by atoms with Gasteiger partial charge in [0.1, 0.15) is 0 Å². The molecule has 0 fully saturated rings. The van der Waals surface area contributed by atoms with Crippen molar-refractivity contribution in [2.75, 3.05) is 27.3 Å². The number of nitrogens with zero attached hydrogens (tertiary/aromatic N) is 1. The highest BCUT2D eigenvalue weighted by Gasteiger charge is 2.15. The number of carbonyl (C=O) groups is 2. The fourth-order valence-electron chi connectivity index (χ4n) is 1.66. The number of aliphatic hydroxyl groups is 1. The second-order valence-electron chi connectivity index (χ2n) is 4.37. The zero-order chi connectivity index (χ0) is 15.7. The number of amides is 1. The van der Waals surface area contributed by atoms with Gasteiger partial charge in [0.2, 0.25) is 0 Å². The molecule has 1 N–H and O–H groups in total. The molecular weight excluding hydrogens is 270 g/mol. The summed E-state index contributed by atoms with van der Waals surface area (Å²) in [6.07, 6.45) is 0.512. The van der Waals surface area contributed by atoms with Gasteiger partial charge < -0.3 is 14.7 Å². The molecular formula is C16H19NO4. The molecule has 0 aliphatic rings. The highest BCUT2D eigenvalue weighted by molar-refractivity contribution is 5.96. The first-order valence-electron chi connectivity index (χ1n) is 6.61. The van der Waals surface area contributed by atoms with Gasteiger partial charge in [0.05, 0.1) is 25.7 Å². The van der Waals surface area contributed by atoms with Crippen molar-refractivity contribution >= 4 is 11.9 Å². The highest BCUT2D eigenvalue weighted by atomic mass is 16.5. The number of ether oxygens (including phenoxy) is 1. The van der Waals surface area contributed by atoms with Crippen LogP contribution in [0.3, 0.4) is 0 Å². The Hall–Kier alpha value is -2.32. The first-order chi connectivity index (χ1) is 10.1. The minimum Gasteiger partial charge on any atom is -0.469 e. The smallest absolute Gasteiger partial charge is 0.307 e. The largest absolute Gasteiger partial charge is 0.469 e. The Balaban J connectivity index is 2.82. The van der Waals surface area contributed by atoms with Crippen molar-refractivity contribution < 1.29 is 19.4 Å². The van der Waals surface area contributed by atoms with Gasteiger partial charge in [0, 0.05) is 25.6 Å². The maximum absolute atomic E-state index is 12.4. The molecule has 1 aromatic rings. The lowest BCUT2D eigenvalue weighted by atomic mass is 10.1. The zero-order valence-corrected chi connectivity index (χ0v) is 12.3. The second-order valence-corrected chi connectivity index (χ2v) is 4.37. The van der Waals surface area contributed by atoms with Crippen LogP contribution in [0.15, 0.2) is 24.3 Å². The third kappa shape index (κ3) is 5.28. The van der Waals surface area contributed by atoms with Crippen LogP contribution in [0.25, 0.3) is 0 Å². The molecule has 112 valence electrons. The average Bonchev–Trinajstić information content (AvgIpc) is 2.52. The number of aliphatic hydroxyl groups excluding tert-OH is 1. The molecule has 0 aliphatic heterocycles. The first kappa shape index (κ1) is 16.7. The Morgan fingerprint density at radius 2 is 2.05 bits per heavy atom. The van der Waals surface area contributed by atoms with Gasteiger partial charge in [0.25, 0.3) is 5.91 Å².